The molecule has 0 saturated carbocycles. The van der Waals surface area contributed by atoms with Crippen LogP contribution in [0.3, 0.4) is 0 Å². The largest absolute Gasteiger partial charge is 0.493 e. The number of hydrogen-bond donors (Lipinski definition) is 1. The van der Waals surface area contributed by atoms with Crippen molar-refractivity contribution >= 4 is 11.8 Å². The number of ether oxygens (including phenoxy) is 2. The first-order valence-corrected chi connectivity index (χ1v) is 7.60. The lowest BCUT2D eigenvalue weighted by molar-refractivity contribution is 0.218. The van der Waals surface area contributed by atoms with Gasteiger partial charge in [0.1, 0.15) is 6.10 Å². The van der Waals surface area contributed by atoms with Gasteiger partial charge in [-0.15, -0.1) is 0 Å². The van der Waals surface area contributed by atoms with Crippen LogP contribution in [0.1, 0.15) is 18.4 Å². The molecule has 1 aromatic rings. The average Bonchev–Trinajstić information content (AvgIpc) is 2.90. The predicted octanol–water partition coefficient (Wildman–Crippen LogP) is 2.47. The maximum Gasteiger partial charge on any atom is 0.161 e. The smallest absolute Gasteiger partial charge is 0.161 e. The van der Waals surface area contributed by atoms with E-state index < -0.39 is 0 Å². The van der Waals surface area contributed by atoms with Crippen molar-refractivity contribution in [3.05, 3.63) is 23.8 Å². The van der Waals surface area contributed by atoms with Gasteiger partial charge in [-0.25, -0.2) is 0 Å². The summed E-state index contributed by atoms with van der Waals surface area (Å²) in [4.78, 5) is 0. The number of thioether (sulfide) groups is 1. The Hall–Kier alpha value is -0.870. The monoisotopic (exact) mass is 267 g/mol. The summed E-state index contributed by atoms with van der Waals surface area (Å²) >= 11 is 1.95. The van der Waals surface area contributed by atoms with Gasteiger partial charge in [0, 0.05) is 5.75 Å². The number of hydrogen-bond acceptors (Lipinski definition) is 4. The Balaban J connectivity index is 2.04. The highest BCUT2D eigenvalue weighted by atomic mass is 32.2. The SMILES string of the molecule is COc1cc(CCCN)ccc1OC1CCSC1. The molecule has 100 valence electrons. The standard InChI is InChI=1S/C14H21NO2S/c1-16-14-9-11(3-2-7-15)4-5-13(14)17-12-6-8-18-10-12/h4-5,9,12H,2-3,6-8,10,15H2,1H3. The van der Waals surface area contributed by atoms with E-state index >= 15 is 0 Å². The minimum Gasteiger partial charge on any atom is -0.493 e. The van der Waals surface area contributed by atoms with Gasteiger partial charge in [-0.2, -0.15) is 11.8 Å². The van der Waals surface area contributed by atoms with E-state index in [4.69, 9.17) is 15.2 Å². The summed E-state index contributed by atoms with van der Waals surface area (Å²) in [5, 5.41) is 0. The van der Waals surface area contributed by atoms with Gasteiger partial charge in [-0.05, 0) is 49.3 Å². The van der Waals surface area contributed by atoms with Gasteiger partial charge >= 0.3 is 0 Å². The van der Waals surface area contributed by atoms with E-state index in [0.717, 1.165) is 43.1 Å². The summed E-state index contributed by atoms with van der Waals surface area (Å²) in [5.41, 5.74) is 6.78. The van der Waals surface area contributed by atoms with Gasteiger partial charge in [0.15, 0.2) is 11.5 Å². The lowest BCUT2D eigenvalue weighted by atomic mass is 10.1. The van der Waals surface area contributed by atoms with Gasteiger partial charge in [-0.3, -0.25) is 0 Å². The molecule has 1 saturated heterocycles. The number of aryl methyl sites for hydroxylation is 1. The van der Waals surface area contributed by atoms with Gasteiger partial charge in [0.2, 0.25) is 0 Å². The van der Waals surface area contributed by atoms with Crippen molar-refractivity contribution < 1.29 is 9.47 Å². The summed E-state index contributed by atoms with van der Waals surface area (Å²) in [6.07, 6.45) is 3.46. The molecule has 1 aromatic carbocycles. The minimum atomic E-state index is 0.332. The Labute approximate surface area is 113 Å². The van der Waals surface area contributed by atoms with Crippen molar-refractivity contribution in [1.82, 2.24) is 0 Å². The second-order valence-electron chi connectivity index (χ2n) is 4.48. The van der Waals surface area contributed by atoms with E-state index in [0.29, 0.717) is 6.10 Å². The zero-order chi connectivity index (χ0) is 12.8. The van der Waals surface area contributed by atoms with Crippen LogP contribution in [0.25, 0.3) is 0 Å². The van der Waals surface area contributed by atoms with Crippen LogP contribution in [-0.4, -0.2) is 31.3 Å². The quantitative estimate of drug-likeness (QED) is 0.860. The van der Waals surface area contributed by atoms with Crippen molar-refractivity contribution in [2.24, 2.45) is 5.73 Å². The van der Waals surface area contributed by atoms with Crippen molar-refractivity contribution in [1.29, 1.82) is 0 Å². The van der Waals surface area contributed by atoms with Crippen molar-refractivity contribution in [3.8, 4) is 11.5 Å². The minimum absolute atomic E-state index is 0.332. The molecule has 1 atom stereocenters. The Morgan fingerprint density at radius 1 is 1.39 bits per heavy atom. The van der Waals surface area contributed by atoms with E-state index in [1.54, 1.807) is 7.11 Å². The van der Waals surface area contributed by atoms with E-state index in [1.807, 2.05) is 17.8 Å². The fourth-order valence-corrected chi connectivity index (χ4v) is 3.15. The molecule has 1 aliphatic heterocycles. The Kier molecular flexibility index (Phi) is 5.20. The van der Waals surface area contributed by atoms with Crippen LogP contribution in [-0.2, 0) is 6.42 Å². The molecule has 0 aromatic heterocycles. The van der Waals surface area contributed by atoms with Crippen LogP contribution in [0.5, 0.6) is 11.5 Å². The van der Waals surface area contributed by atoms with E-state index in [-0.39, 0.29) is 0 Å². The molecule has 0 amide bonds. The number of benzene rings is 1. The molecule has 2 N–H and O–H groups in total. The first-order chi connectivity index (χ1) is 8.83. The van der Waals surface area contributed by atoms with Crippen LogP contribution in [0.4, 0.5) is 0 Å². The van der Waals surface area contributed by atoms with Crippen LogP contribution < -0.4 is 15.2 Å². The van der Waals surface area contributed by atoms with E-state index in [1.165, 1.54) is 11.3 Å². The Morgan fingerprint density at radius 3 is 2.94 bits per heavy atom. The third-order valence-corrected chi connectivity index (χ3v) is 4.21. The van der Waals surface area contributed by atoms with Gasteiger partial charge in [0.25, 0.3) is 0 Å². The summed E-state index contributed by atoms with van der Waals surface area (Å²) in [7, 11) is 1.69. The van der Waals surface area contributed by atoms with Crippen molar-refractivity contribution in [2.75, 3.05) is 25.2 Å². The highest BCUT2D eigenvalue weighted by Crippen LogP contribution is 2.32. The number of methoxy groups -OCH3 is 1. The molecular formula is C14H21NO2S. The molecule has 1 fully saturated rings. The number of nitrogens with two attached hydrogens (primary N) is 1. The number of rotatable bonds is 6. The van der Waals surface area contributed by atoms with Gasteiger partial charge < -0.3 is 15.2 Å². The van der Waals surface area contributed by atoms with Crippen molar-refractivity contribution in [3.63, 3.8) is 0 Å². The summed E-state index contributed by atoms with van der Waals surface area (Å²) < 4.78 is 11.4. The zero-order valence-corrected chi connectivity index (χ0v) is 11.7. The fourth-order valence-electron chi connectivity index (χ4n) is 2.06. The predicted molar refractivity (Wildman–Crippen MR) is 76.7 cm³/mol. The lowest BCUT2D eigenvalue weighted by Gasteiger charge is -2.16. The Morgan fingerprint density at radius 2 is 2.28 bits per heavy atom. The zero-order valence-electron chi connectivity index (χ0n) is 10.9. The lowest BCUT2D eigenvalue weighted by Crippen LogP contribution is -2.15. The molecule has 0 aliphatic carbocycles. The second kappa shape index (κ2) is 6.90. The molecule has 1 unspecified atom stereocenters. The average molecular weight is 267 g/mol. The van der Waals surface area contributed by atoms with Gasteiger partial charge in [-0.1, -0.05) is 6.07 Å². The van der Waals surface area contributed by atoms with Gasteiger partial charge in [0.05, 0.1) is 7.11 Å². The highest BCUT2D eigenvalue weighted by Gasteiger charge is 2.18. The molecule has 1 heterocycles. The highest BCUT2D eigenvalue weighted by molar-refractivity contribution is 7.99. The van der Waals surface area contributed by atoms with E-state index in [9.17, 15) is 0 Å². The van der Waals surface area contributed by atoms with Crippen LogP contribution in [0.15, 0.2) is 18.2 Å². The molecule has 2 rings (SSSR count). The van der Waals surface area contributed by atoms with E-state index in [2.05, 4.69) is 12.1 Å². The van der Waals surface area contributed by atoms with Crippen LogP contribution in [0, 0.1) is 0 Å². The molecule has 0 bridgehead atoms. The summed E-state index contributed by atoms with van der Waals surface area (Å²) in [6, 6.07) is 6.19. The fraction of sp³-hybridized carbons (Fsp3) is 0.571. The Bertz CT molecular complexity index is 378. The topological polar surface area (TPSA) is 44.5 Å². The third-order valence-electron chi connectivity index (χ3n) is 3.08. The third kappa shape index (κ3) is 3.56. The molecular weight excluding hydrogens is 246 g/mol. The summed E-state index contributed by atoms with van der Waals surface area (Å²) in [5.74, 6) is 3.97. The molecule has 0 spiro atoms. The first kappa shape index (κ1) is 13.6. The molecule has 3 nitrogen and oxygen atoms in total. The molecule has 0 radical (unpaired) electrons. The maximum absolute atomic E-state index is 5.99. The molecule has 4 heteroatoms. The van der Waals surface area contributed by atoms with Crippen LogP contribution >= 0.6 is 11.8 Å². The first-order valence-electron chi connectivity index (χ1n) is 6.45. The second-order valence-corrected chi connectivity index (χ2v) is 5.63. The molecule has 1 aliphatic rings. The normalized spacial score (nSPS) is 18.9. The van der Waals surface area contributed by atoms with Crippen molar-refractivity contribution in [2.45, 2.75) is 25.4 Å². The maximum atomic E-state index is 5.99. The van der Waals surface area contributed by atoms with Crippen LogP contribution in [0.2, 0.25) is 0 Å². The molecule has 18 heavy (non-hydrogen) atoms. The summed E-state index contributed by atoms with van der Waals surface area (Å²) in [6.45, 7) is 0.722.